The minimum atomic E-state index is -0.0970. The molecular formula is C28H27ClN2O2S. The molecule has 2 atom stereocenters. The molecule has 0 bridgehead atoms. The van der Waals surface area contributed by atoms with Gasteiger partial charge in [-0.2, -0.15) is 0 Å². The SMILES string of the molecule is C[C@@H]1CCCC[C@H]1NC(=O)c1ccc2c(c1)N(Cc1ccccc1Cl)C(=O)c1ccccc1S2. The molecule has 2 aliphatic rings. The van der Waals surface area contributed by atoms with Crippen molar-refractivity contribution >= 4 is 40.9 Å². The number of nitrogens with zero attached hydrogens (tertiary/aromatic N) is 1. The topological polar surface area (TPSA) is 49.4 Å². The van der Waals surface area contributed by atoms with E-state index in [1.54, 1.807) is 16.7 Å². The Hall–Kier alpha value is -2.76. The standard InChI is InChI=1S/C28H27ClN2O2S/c1-18-8-2-6-12-23(18)30-27(32)19-14-15-26-24(16-19)31(17-20-9-3-5-11-22(20)29)28(33)21-10-4-7-13-25(21)34-26/h3-5,7,9-11,13-16,18,23H,2,6,8,12,17H2,1H3,(H,30,32)/t18-,23-/m1/s1. The zero-order valence-corrected chi connectivity index (χ0v) is 20.7. The molecule has 0 radical (unpaired) electrons. The average Bonchev–Trinajstić information content (AvgIpc) is 2.96. The number of carbonyl (C=O) groups excluding carboxylic acids is 2. The Balaban J connectivity index is 1.53. The van der Waals surface area contributed by atoms with Crippen LogP contribution in [0.5, 0.6) is 0 Å². The molecule has 1 N–H and O–H groups in total. The van der Waals surface area contributed by atoms with Crippen molar-refractivity contribution in [3.8, 4) is 0 Å². The van der Waals surface area contributed by atoms with Crippen molar-refractivity contribution in [1.82, 2.24) is 5.32 Å². The quantitative estimate of drug-likeness (QED) is 0.430. The largest absolute Gasteiger partial charge is 0.349 e. The first kappa shape index (κ1) is 23.0. The molecule has 174 valence electrons. The Labute approximate surface area is 209 Å². The molecule has 3 aromatic rings. The third kappa shape index (κ3) is 4.59. The Morgan fingerprint density at radius 2 is 1.79 bits per heavy atom. The highest BCUT2D eigenvalue weighted by Gasteiger charge is 2.29. The van der Waals surface area contributed by atoms with E-state index >= 15 is 0 Å². The van der Waals surface area contributed by atoms with Crippen LogP contribution in [0.1, 0.15) is 58.9 Å². The minimum Gasteiger partial charge on any atom is -0.349 e. The van der Waals surface area contributed by atoms with Crippen LogP contribution in [0.25, 0.3) is 0 Å². The van der Waals surface area contributed by atoms with Gasteiger partial charge in [-0.15, -0.1) is 0 Å². The van der Waals surface area contributed by atoms with Crippen molar-refractivity contribution in [2.75, 3.05) is 4.90 Å². The third-order valence-corrected chi connectivity index (χ3v) is 8.32. The highest BCUT2D eigenvalue weighted by molar-refractivity contribution is 7.99. The maximum atomic E-state index is 13.7. The number of fused-ring (bicyclic) bond motifs is 2. The van der Waals surface area contributed by atoms with Crippen LogP contribution in [-0.4, -0.2) is 17.9 Å². The van der Waals surface area contributed by atoms with Crippen LogP contribution in [-0.2, 0) is 6.54 Å². The highest BCUT2D eigenvalue weighted by atomic mass is 35.5. The zero-order chi connectivity index (χ0) is 23.7. The van der Waals surface area contributed by atoms with Gasteiger partial charge in [0.2, 0.25) is 0 Å². The fourth-order valence-electron chi connectivity index (χ4n) is 4.80. The van der Waals surface area contributed by atoms with Crippen LogP contribution in [0.2, 0.25) is 5.02 Å². The molecule has 0 saturated heterocycles. The van der Waals surface area contributed by atoms with Gasteiger partial charge < -0.3 is 10.2 Å². The van der Waals surface area contributed by atoms with Gasteiger partial charge in [-0.3, -0.25) is 9.59 Å². The highest BCUT2D eigenvalue weighted by Crippen LogP contribution is 2.42. The van der Waals surface area contributed by atoms with Crippen LogP contribution < -0.4 is 10.2 Å². The van der Waals surface area contributed by atoms with E-state index in [-0.39, 0.29) is 17.9 Å². The number of nitrogens with one attached hydrogen (secondary N) is 1. The van der Waals surface area contributed by atoms with E-state index in [0.29, 0.717) is 28.6 Å². The molecule has 34 heavy (non-hydrogen) atoms. The van der Waals surface area contributed by atoms with E-state index in [0.717, 1.165) is 40.3 Å². The van der Waals surface area contributed by atoms with Gasteiger partial charge in [-0.1, -0.05) is 73.5 Å². The van der Waals surface area contributed by atoms with Crippen molar-refractivity contribution in [3.63, 3.8) is 0 Å². The van der Waals surface area contributed by atoms with Crippen molar-refractivity contribution in [2.24, 2.45) is 5.92 Å². The summed E-state index contributed by atoms with van der Waals surface area (Å²) in [6.07, 6.45) is 4.53. The molecule has 1 saturated carbocycles. The lowest BCUT2D eigenvalue weighted by Gasteiger charge is -2.29. The summed E-state index contributed by atoms with van der Waals surface area (Å²) in [7, 11) is 0. The molecule has 1 fully saturated rings. The van der Waals surface area contributed by atoms with Gasteiger partial charge >= 0.3 is 0 Å². The normalized spacial score (nSPS) is 19.7. The van der Waals surface area contributed by atoms with E-state index in [2.05, 4.69) is 12.2 Å². The van der Waals surface area contributed by atoms with E-state index in [4.69, 9.17) is 11.6 Å². The predicted octanol–water partition coefficient (Wildman–Crippen LogP) is 6.96. The van der Waals surface area contributed by atoms with Crippen LogP contribution in [0, 0.1) is 5.92 Å². The summed E-state index contributed by atoms with van der Waals surface area (Å²) in [5.41, 5.74) is 2.81. The predicted molar refractivity (Wildman–Crippen MR) is 138 cm³/mol. The Morgan fingerprint density at radius 1 is 1.03 bits per heavy atom. The number of hydrogen-bond acceptors (Lipinski definition) is 3. The molecule has 1 heterocycles. The number of halogens is 1. The number of carbonyl (C=O) groups is 2. The fraction of sp³-hybridized carbons (Fsp3) is 0.286. The van der Waals surface area contributed by atoms with Crippen LogP contribution >= 0.6 is 23.4 Å². The lowest BCUT2D eigenvalue weighted by atomic mass is 9.86. The summed E-state index contributed by atoms with van der Waals surface area (Å²) in [6.45, 7) is 2.53. The van der Waals surface area contributed by atoms with Crippen molar-refractivity contribution < 1.29 is 9.59 Å². The van der Waals surface area contributed by atoms with E-state index in [1.165, 1.54) is 6.42 Å². The van der Waals surface area contributed by atoms with Crippen molar-refractivity contribution in [2.45, 2.75) is 55.0 Å². The first-order valence-electron chi connectivity index (χ1n) is 11.8. The van der Waals surface area contributed by atoms with Gasteiger partial charge in [0.25, 0.3) is 11.8 Å². The van der Waals surface area contributed by atoms with Crippen LogP contribution in [0.4, 0.5) is 5.69 Å². The van der Waals surface area contributed by atoms with Crippen molar-refractivity contribution in [1.29, 1.82) is 0 Å². The second-order valence-corrected chi connectivity index (χ2v) is 10.6. The smallest absolute Gasteiger partial charge is 0.259 e. The number of rotatable bonds is 4. The molecule has 0 aromatic heterocycles. The Morgan fingerprint density at radius 3 is 2.62 bits per heavy atom. The zero-order valence-electron chi connectivity index (χ0n) is 19.1. The third-order valence-electron chi connectivity index (χ3n) is 6.81. The van der Waals surface area contributed by atoms with Crippen LogP contribution in [0.15, 0.2) is 76.5 Å². The fourth-order valence-corrected chi connectivity index (χ4v) is 6.05. The summed E-state index contributed by atoms with van der Waals surface area (Å²) in [6, 6.07) is 21.1. The van der Waals surface area contributed by atoms with E-state index in [9.17, 15) is 9.59 Å². The molecule has 6 heteroatoms. The van der Waals surface area contributed by atoms with Crippen molar-refractivity contribution in [3.05, 3.63) is 88.4 Å². The first-order chi connectivity index (χ1) is 16.5. The van der Waals surface area contributed by atoms with Gasteiger partial charge in [-0.05, 0) is 60.7 Å². The molecule has 1 aliphatic carbocycles. The summed E-state index contributed by atoms with van der Waals surface area (Å²) in [5, 5.41) is 3.85. The number of anilines is 1. The summed E-state index contributed by atoms with van der Waals surface area (Å²) in [4.78, 5) is 30.5. The summed E-state index contributed by atoms with van der Waals surface area (Å²) >= 11 is 8.01. The monoisotopic (exact) mass is 490 g/mol. The number of benzene rings is 3. The number of amides is 2. The summed E-state index contributed by atoms with van der Waals surface area (Å²) < 4.78 is 0. The minimum absolute atomic E-state index is 0.0848. The maximum Gasteiger partial charge on any atom is 0.259 e. The molecule has 1 aliphatic heterocycles. The van der Waals surface area contributed by atoms with Gasteiger partial charge in [0.15, 0.2) is 0 Å². The lowest BCUT2D eigenvalue weighted by molar-refractivity contribution is 0.0908. The summed E-state index contributed by atoms with van der Waals surface area (Å²) in [5.74, 6) is 0.292. The second kappa shape index (κ2) is 9.85. The van der Waals surface area contributed by atoms with Gasteiger partial charge in [0.05, 0.1) is 17.8 Å². The molecule has 2 amide bonds. The number of hydrogen-bond donors (Lipinski definition) is 1. The molecule has 5 rings (SSSR count). The molecular weight excluding hydrogens is 464 g/mol. The Kier molecular flexibility index (Phi) is 6.66. The van der Waals surface area contributed by atoms with E-state index < -0.39 is 0 Å². The van der Waals surface area contributed by atoms with Crippen LogP contribution in [0.3, 0.4) is 0 Å². The van der Waals surface area contributed by atoms with Gasteiger partial charge in [0, 0.05) is 26.4 Å². The first-order valence-corrected chi connectivity index (χ1v) is 13.0. The van der Waals surface area contributed by atoms with Gasteiger partial charge in [0.1, 0.15) is 0 Å². The maximum absolute atomic E-state index is 13.7. The van der Waals surface area contributed by atoms with E-state index in [1.807, 2.05) is 66.7 Å². The van der Waals surface area contributed by atoms with Gasteiger partial charge in [-0.25, -0.2) is 0 Å². The molecule has 0 spiro atoms. The average molecular weight is 491 g/mol. The molecule has 4 nitrogen and oxygen atoms in total. The molecule has 0 unspecified atom stereocenters. The Bertz CT molecular complexity index is 1240. The second-order valence-electron chi connectivity index (χ2n) is 9.11. The molecule has 3 aromatic carbocycles. The lowest BCUT2D eigenvalue weighted by Crippen LogP contribution is -2.41.